The van der Waals surface area contributed by atoms with Gasteiger partial charge in [-0.15, -0.1) is 0 Å². The molecule has 3 nitrogen and oxygen atoms in total. The number of amides is 1. The van der Waals surface area contributed by atoms with E-state index in [9.17, 15) is 18.0 Å². The van der Waals surface area contributed by atoms with Gasteiger partial charge in [0.25, 0.3) is 0 Å². The van der Waals surface area contributed by atoms with Crippen LogP contribution >= 0.6 is 0 Å². The van der Waals surface area contributed by atoms with Crippen LogP contribution in [-0.4, -0.2) is 5.91 Å². The van der Waals surface area contributed by atoms with Gasteiger partial charge in [0.15, 0.2) is 0 Å². The summed E-state index contributed by atoms with van der Waals surface area (Å²) in [6, 6.07) is 12.2. The predicted octanol–water partition coefficient (Wildman–Crippen LogP) is 4.28. The molecule has 1 amide bonds. The van der Waals surface area contributed by atoms with E-state index in [4.69, 9.17) is 0 Å². The number of carbonyl (C=O) groups is 1. The van der Waals surface area contributed by atoms with Gasteiger partial charge in [-0.25, -0.2) is 0 Å². The third kappa shape index (κ3) is 4.25. The van der Waals surface area contributed by atoms with Gasteiger partial charge in [-0.1, -0.05) is 18.2 Å². The second-order valence-corrected chi connectivity index (χ2v) is 4.77. The zero-order valence-electron chi connectivity index (χ0n) is 11.9. The minimum atomic E-state index is -4.37. The van der Waals surface area contributed by atoms with Crippen molar-refractivity contribution in [3.8, 4) is 0 Å². The van der Waals surface area contributed by atoms with Crippen LogP contribution < -0.4 is 10.6 Å². The number of hydrogen-bond donors (Lipinski definition) is 2. The molecule has 0 bridgehead atoms. The van der Waals surface area contributed by atoms with Crippen molar-refractivity contribution in [3.63, 3.8) is 0 Å². The van der Waals surface area contributed by atoms with Crippen LogP contribution in [0, 0.1) is 0 Å². The molecule has 0 aromatic heterocycles. The van der Waals surface area contributed by atoms with Gasteiger partial charge in [0.1, 0.15) is 0 Å². The summed E-state index contributed by atoms with van der Waals surface area (Å²) in [5, 5.41) is 5.56. The molecule has 2 aromatic carbocycles. The topological polar surface area (TPSA) is 41.1 Å². The Hall–Kier alpha value is -2.50. The number of alkyl halides is 3. The fourth-order valence-electron chi connectivity index (χ4n) is 2.02. The molecule has 0 unspecified atom stereocenters. The van der Waals surface area contributed by atoms with Crippen LogP contribution in [0.4, 0.5) is 24.5 Å². The molecule has 0 fully saturated rings. The molecule has 0 aliphatic rings. The molecule has 0 atom stereocenters. The minimum Gasteiger partial charge on any atom is -0.381 e. The van der Waals surface area contributed by atoms with E-state index in [1.807, 2.05) is 0 Å². The van der Waals surface area contributed by atoms with Crippen molar-refractivity contribution in [2.45, 2.75) is 19.6 Å². The lowest BCUT2D eigenvalue weighted by Crippen LogP contribution is -2.11. The first-order valence-electron chi connectivity index (χ1n) is 6.63. The molecule has 22 heavy (non-hydrogen) atoms. The maximum absolute atomic E-state index is 12.9. The SMILES string of the molecule is CC(=O)Nc1ccc(NCc2ccccc2C(F)(F)F)cc1. The van der Waals surface area contributed by atoms with Crippen LogP contribution in [0.3, 0.4) is 0 Å². The van der Waals surface area contributed by atoms with Crippen molar-refractivity contribution in [1.82, 2.24) is 0 Å². The summed E-state index contributed by atoms with van der Waals surface area (Å²) in [6.07, 6.45) is -4.37. The number of nitrogens with one attached hydrogen (secondary N) is 2. The Morgan fingerprint density at radius 1 is 1.00 bits per heavy atom. The van der Waals surface area contributed by atoms with Gasteiger partial charge in [0.2, 0.25) is 5.91 Å². The predicted molar refractivity (Wildman–Crippen MR) is 79.5 cm³/mol. The highest BCUT2D eigenvalue weighted by molar-refractivity contribution is 5.88. The van der Waals surface area contributed by atoms with Gasteiger partial charge in [0.05, 0.1) is 5.56 Å². The zero-order chi connectivity index (χ0) is 16.2. The van der Waals surface area contributed by atoms with E-state index in [2.05, 4.69) is 10.6 Å². The summed E-state index contributed by atoms with van der Waals surface area (Å²) >= 11 is 0. The van der Waals surface area contributed by atoms with Crippen LogP contribution in [0.15, 0.2) is 48.5 Å². The Balaban J connectivity index is 2.06. The third-order valence-corrected chi connectivity index (χ3v) is 3.01. The van der Waals surface area contributed by atoms with Gasteiger partial charge in [-0.2, -0.15) is 13.2 Å². The monoisotopic (exact) mass is 308 g/mol. The molecule has 0 radical (unpaired) electrons. The zero-order valence-corrected chi connectivity index (χ0v) is 11.9. The highest BCUT2D eigenvalue weighted by atomic mass is 19.4. The van der Waals surface area contributed by atoms with Gasteiger partial charge >= 0.3 is 6.18 Å². The largest absolute Gasteiger partial charge is 0.416 e. The number of benzene rings is 2. The summed E-state index contributed by atoms with van der Waals surface area (Å²) in [5.74, 6) is -0.181. The Morgan fingerprint density at radius 3 is 2.18 bits per heavy atom. The molecule has 0 saturated carbocycles. The van der Waals surface area contributed by atoms with Crippen molar-refractivity contribution in [2.24, 2.45) is 0 Å². The number of halogens is 3. The van der Waals surface area contributed by atoms with Crippen molar-refractivity contribution >= 4 is 17.3 Å². The number of carbonyl (C=O) groups excluding carboxylic acids is 1. The van der Waals surface area contributed by atoms with Gasteiger partial charge < -0.3 is 10.6 Å². The molecule has 116 valence electrons. The van der Waals surface area contributed by atoms with Crippen LogP contribution in [0.1, 0.15) is 18.1 Å². The minimum absolute atomic E-state index is 0.0646. The van der Waals surface area contributed by atoms with Crippen LogP contribution in [0.25, 0.3) is 0 Å². The molecule has 2 rings (SSSR count). The quantitative estimate of drug-likeness (QED) is 0.885. The number of anilines is 2. The molecule has 6 heteroatoms. The lowest BCUT2D eigenvalue weighted by Gasteiger charge is -2.14. The van der Waals surface area contributed by atoms with Gasteiger partial charge in [-0.05, 0) is 35.9 Å². The first-order chi connectivity index (χ1) is 10.4. The van der Waals surface area contributed by atoms with Crippen molar-refractivity contribution in [1.29, 1.82) is 0 Å². The molecule has 0 aliphatic carbocycles. The maximum atomic E-state index is 12.9. The third-order valence-electron chi connectivity index (χ3n) is 3.01. The summed E-state index contributed by atoms with van der Waals surface area (Å²) in [4.78, 5) is 10.9. The second kappa shape index (κ2) is 6.51. The lowest BCUT2D eigenvalue weighted by atomic mass is 10.1. The standard InChI is InChI=1S/C16H15F3N2O/c1-11(22)21-14-8-6-13(7-9-14)20-10-12-4-2-3-5-15(12)16(17,18)19/h2-9,20H,10H2,1H3,(H,21,22). The van der Waals surface area contributed by atoms with Crippen LogP contribution in [0.5, 0.6) is 0 Å². The summed E-state index contributed by atoms with van der Waals surface area (Å²) in [7, 11) is 0. The van der Waals surface area contributed by atoms with Crippen LogP contribution in [0.2, 0.25) is 0 Å². The first-order valence-corrected chi connectivity index (χ1v) is 6.63. The van der Waals surface area contributed by atoms with Crippen molar-refractivity contribution in [3.05, 3.63) is 59.7 Å². The lowest BCUT2D eigenvalue weighted by molar-refractivity contribution is -0.138. The smallest absolute Gasteiger partial charge is 0.381 e. The van der Waals surface area contributed by atoms with Crippen molar-refractivity contribution < 1.29 is 18.0 Å². The van der Waals surface area contributed by atoms with E-state index in [1.54, 1.807) is 30.3 Å². The maximum Gasteiger partial charge on any atom is 0.416 e. The molecule has 0 saturated heterocycles. The highest BCUT2D eigenvalue weighted by Gasteiger charge is 2.32. The Morgan fingerprint density at radius 2 is 1.59 bits per heavy atom. The Kier molecular flexibility index (Phi) is 4.70. The molecule has 2 aromatic rings. The fraction of sp³-hybridized carbons (Fsp3) is 0.188. The van der Waals surface area contributed by atoms with E-state index >= 15 is 0 Å². The molecule has 0 aliphatic heterocycles. The normalized spacial score (nSPS) is 11.1. The number of rotatable bonds is 4. The number of hydrogen-bond acceptors (Lipinski definition) is 2. The molecular weight excluding hydrogens is 293 g/mol. The molecule has 0 heterocycles. The van der Waals surface area contributed by atoms with Gasteiger partial charge in [-0.3, -0.25) is 4.79 Å². The van der Waals surface area contributed by atoms with E-state index in [0.29, 0.717) is 11.4 Å². The highest BCUT2D eigenvalue weighted by Crippen LogP contribution is 2.32. The molecule has 2 N–H and O–H groups in total. The first kappa shape index (κ1) is 15.9. The van der Waals surface area contributed by atoms with E-state index in [-0.39, 0.29) is 18.0 Å². The second-order valence-electron chi connectivity index (χ2n) is 4.77. The molecular formula is C16H15F3N2O. The molecule has 0 spiro atoms. The summed E-state index contributed by atoms with van der Waals surface area (Å²) in [5.41, 5.74) is 0.845. The average Bonchev–Trinajstić information content (AvgIpc) is 2.45. The summed E-state index contributed by atoms with van der Waals surface area (Å²) < 4.78 is 38.6. The summed E-state index contributed by atoms with van der Waals surface area (Å²) in [6.45, 7) is 1.47. The Bertz CT molecular complexity index is 651. The van der Waals surface area contributed by atoms with Crippen LogP contribution in [-0.2, 0) is 17.5 Å². The Labute approximate surface area is 126 Å². The fourth-order valence-corrected chi connectivity index (χ4v) is 2.02. The van der Waals surface area contributed by atoms with E-state index < -0.39 is 11.7 Å². The van der Waals surface area contributed by atoms with E-state index in [1.165, 1.54) is 19.1 Å². The average molecular weight is 308 g/mol. The van der Waals surface area contributed by atoms with Gasteiger partial charge in [0, 0.05) is 24.8 Å². The van der Waals surface area contributed by atoms with E-state index in [0.717, 1.165) is 6.07 Å². The van der Waals surface area contributed by atoms with Crippen molar-refractivity contribution in [2.75, 3.05) is 10.6 Å².